The van der Waals surface area contributed by atoms with Crippen LogP contribution in [0.25, 0.3) is 0 Å². The van der Waals surface area contributed by atoms with Crippen LogP contribution in [0.5, 0.6) is 0 Å². The monoisotopic (exact) mass is 415 g/mol. The number of fused-ring (bicyclic) bond motifs is 4. The summed E-state index contributed by atoms with van der Waals surface area (Å²) in [5.74, 6) is -0.523. The summed E-state index contributed by atoms with van der Waals surface area (Å²) in [7, 11) is 4.31. The maximum absolute atomic E-state index is 12.0. The Bertz CT molecular complexity index is 686. The van der Waals surface area contributed by atoms with E-state index < -0.39 is 12.1 Å². The molecule has 5 unspecified atom stereocenters. The van der Waals surface area contributed by atoms with Crippen molar-refractivity contribution in [1.82, 2.24) is 9.80 Å². The number of carbonyl (C=O) groups excluding carboxylic acids is 1. The molecule has 4 saturated heterocycles. The molecule has 4 bridgehead atoms. The second-order valence-corrected chi connectivity index (χ2v) is 9.54. The molecule has 0 aliphatic carbocycles. The van der Waals surface area contributed by atoms with Crippen molar-refractivity contribution >= 4 is 5.97 Å². The van der Waals surface area contributed by atoms with Gasteiger partial charge in [-0.15, -0.1) is 0 Å². The highest BCUT2D eigenvalue weighted by molar-refractivity contribution is 5.76. The summed E-state index contributed by atoms with van der Waals surface area (Å²) < 4.78 is 5.52. The Morgan fingerprint density at radius 2 is 1.37 bits per heavy atom. The van der Waals surface area contributed by atoms with Crippen LogP contribution < -0.4 is 0 Å². The molecule has 5 atom stereocenters. The number of ether oxygens (including phenoxy) is 1. The smallest absolute Gasteiger partial charge is 0.339 e. The predicted molar refractivity (Wildman–Crippen MR) is 113 cm³/mol. The molecular formula is C24H35N2O4. The number of benzene rings is 1. The predicted octanol–water partition coefficient (Wildman–Crippen LogP) is 2.93. The lowest BCUT2D eigenvalue weighted by atomic mass is 10.0. The summed E-state index contributed by atoms with van der Waals surface area (Å²) in [6, 6.07) is 11.3. The molecule has 4 aliphatic rings. The van der Waals surface area contributed by atoms with E-state index in [0.29, 0.717) is 29.7 Å². The molecule has 4 fully saturated rings. The normalized spacial score (nSPS) is 36.7. The van der Waals surface area contributed by atoms with E-state index in [1.54, 1.807) is 12.1 Å². The van der Waals surface area contributed by atoms with Gasteiger partial charge in [-0.2, -0.15) is 0 Å². The molecule has 165 valence electrons. The van der Waals surface area contributed by atoms with E-state index in [2.05, 4.69) is 23.9 Å². The van der Waals surface area contributed by atoms with Crippen LogP contribution in [0.1, 0.15) is 63.0 Å². The first-order chi connectivity index (χ1) is 14.4. The van der Waals surface area contributed by atoms with Crippen LogP contribution >= 0.6 is 0 Å². The minimum atomic E-state index is -1.17. The van der Waals surface area contributed by atoms with Gasteiger partial charge >= 0.3 is 5.97 Å². The van der Waals surface area contributed by atoms with Crippen LogP contribution in [-0.2, 0) is 14.6 Å². The van der Waals surface area contributed by atoms with Crippen molar-refractivity contribution in [3.05, 3.63) is 35.9 Å². The Morgan fingerprint density at radius 1 is 0.900 bits per heavy atom. The van der Waals surface area contributed by atoms with Gasteiger partial charge in [-0.1, -0.05) is 30.3 Å². The molecular weight excluding hydrogens is 380 g/mol. The highest BCUT2D eigenvalue weighted by atomic mass is 16.6. The summed E-state index contributed by atoms with van der Waals surface area (Å²) in [6.45, 7) is 0. The molecule has 6 heteroatoms. The van der Waals surface area contributed by atoms with Crippen molar-refractivity contribution < 1.29 is 19.7 Å². The number of aliphatic hydroxyl groups excluding tert-OH is 1. The first-order valence-electron chi connectivity index (χ1n) is 11.5. The number of esters is 1. The van der Waals surface area contributed by atoms with Crippen molar-refractivity contribution in [3.8, 4) is 0 Å². The molecule has 5 rings (SSSR count). The summed E-state index contributed by atoms with van der Waals surface area (Å²) in [6.07, 6.45) is 7.00. The van der Waals surface area contributed by atoms with Crippen molar-refractivity contribution in [2.24, 2.45) is 0 Å². The fourth-order valence-corrected chi connectivity index (χ4v) is 5.82. The molecule has 0 amide bonds. The number of carbonyl (C=O) groups is 1. The highest BCUT2D eigenvalue weighted by Gasteiger charge is 2.40. The van der Waals surface area contributed by atoms with Gasteiger partial charge in [0.25, 0.3) is 0 Å². The zero-order valence-corrected chi connectivity index (χ0v) is 18.2. The van der Waals surface area contributed by atoms with Gasteiger partial charge in [-0.3, -0.25) is 0 Å². The summed E-state index contributed by atoms with van der Waals surface area (Å²) in [5.41, 5.74) is 0.591. The van der Waals surface area contributed by atoms with Gasteiger partial charge in [0.05, 0.1) is 6.10 Å². The summed E-state index contributed by atoms with van der Waals surface area (Å²) in [5, 5.41) is 21.2. The molecule has 6 nitrogen and oxygen atoms in total. The minimum Gasteiger partial charge on any atom is -0.460 e. The Labute approximate surface area is 179 Å². The highest BCUT2D eigenvalue weighted by Crippen LogP contribution is 2.36. The largest absolute Gasteiger partial charge is 0.460 e. The van der Waals surface area contributed by atoms with Crippen LogP contribution in [-0.4, -0.2) is 71.3 Å². The zero-order valence-electron chi connectivity index (χ0n) is 18.2. The molecule has 30 heavy (non-hydrogen) atoms. The number of rotatable bonds is 3. The van der Waals surface area contributed by atoms with Crippen LogP contribution in [0.2, 0.25) is 0 Å². The van der Waals surface area contributed by atoms with Gasteiger partial charge < -0.3 is 19.6 Å². The molecule has 0 spiro atoms. The van der Waals surface area contributed by atoms with Gasteiger partial charge in [0.15, 0.2) is 6.10 Å². The minimum absolute atomic E-state index is 0.0467. The Morgan fingerprint density at radius 3 is 1.87 bits per heavy atom. The number of aliphatic hydroxyl groups is 1. The maximum atomic E-state index is 12.0. The second-order valence-electron chi connectivity index (χ2n) is 9.54. The van der Waals surface area contributed by atoms with E-state index in [9.17, 15) is 15.0 Å². The quantitative estimate of drug-likeness (QED) is 0.769. The van der Waals surface area contributed by atoms with Gasteiger partial charge in [0, 0.05) is 24.2 Å². The lowest BCUT2D eigenvalue weighted by molar-refractivity contribution is -0.162. The average Bonchev–Trinajstić information content (AvgIpc) is 3.08. The van der Waals surface area contributed by atoms with Crippen molar-refractivity contribution in [3.63, 3.8) is 0 Å². The Hall–Kier alpha value is -1.47. The van der Waals surface area contributed by atoms with Gasteiger partial charge in [-0.25, -0.2) is 9.90 Å². The third kappa shape index (κ3) is 4.72. The van der Waals surface area contributed by atoms with E-state index in [1.807, 2.05) is 18.2 Å². The zero-order chi connectivity index (χ0) is 21.3. The van der Waals surface area contributed by atoms with Crippen molar-refractivity contribution in [1.29, 1.82) is 0 Å². The van der Waals surface area contributed by atoms with E-state index in [4.69, 9.17) is 4.74 Å². The molecule has 0 saturated carbocycles. The number of piperidine rings is 2. The third-order valence-electron chi connectivity index (χ3n) is 7.73. The lowest BCUT2D eigenvalue weighted by Gasteiger charge is -2.36. The Balaban J connectivity index is 0.000000181. The third-order valence-corrected chi connectivity index (χ3v) is 7.73. The summed E-state index contributed by atoms with van der Waals surface area (Å²) >= 11 is 0. The molecule has 4 aliphatic heterocycles. The molecule has 1 aromatic rings. The van der Waals surface area contributed by atoms with Crippen LogP contribution in [0.4, 0.5) is 0 Å². The summed E-state index contributed by atoms with van der Waals surface area (Å²) in [4.78, 5) is 16.8. The van der Waals surface area contributed by atoms with Gasteiger partial charge in [0.1, 0.15) is 6.10 Å². The standard InChI is InChI=1S/C16H21NO3.C8H14NO/c1-17-12-7-8-13(17)10-14(9-12)20-16(19)15(18)11-5-3-2-4-6-11;1-9-6-2-3-7(9)5-8(10)4-6/h2-6,12-15,18H,7-10H2,1H3;6-8H,2-5H2,1H3. The number of hydrogen-bond acceptors (Lipinski definition) is 5. The maximum Gasteiger partial charge on any atom is 0.339 e. The Kier molecular flexibility index (Phi) is 6.78. The molecule has 1 N–H and O–H groups in total. The molecule has 4 heterocycles. The van der Waals surface area contributed by atoms with E-state index in [0.717, 1.165) is 25.7 Å². The lowest BCUT2D eigenvalue weighted by Crippen LogP contribution is -2.43. The number of nitrogens with zero attached hydrogens (tertiary/aromatic N) is 2. The van der Waals surface area contributed by atoms with Crippen LogP contribution in [0, 0.1) is 0 Å². The second kappa shape index (κ2) is 9.35. The molecule has 0 aromatic heterocycles. The van der Waals surface area contributed by atoms with Gasteiger partial charge in [-0.05, 0) is 71.0 Å². The SMILES string of the molecule is CN1C2CCC1CC(OC(=O)C(O)c1ccccc1)C2.CN1C2CCC1CC([O])C2. The van der Waals surface area contributed by atoms with E-state index in [1.165, 1.54) is 25.7 Å². The van der Waals surface area contributed by atoms with Gasteiger partial charge in [0.2, 0.25) is 0 Å². The first kappa shape index (κ1) is 21.8. The first-order valence-corrected chi connectivity index (χ1v) is 11.5. The fraction of sp³-hybridized carbons (Fsp3) is 0.708. The van der Waals surface area contributed by atoms with Crippen molar-refractivity contribution in [2.75, 3.05) is 14.1 Å². The topological polar surface area (TPSA) is 72.9 Å². The molecule has 1 radical (unpaired) electrons. The molecule has 1 aromatic carbocycles. The van der Waals surface area contributed by atoms with E-state index >= 15 is 0 Å². The van der Waals surface area contributed by atoms with Crippen LogP contribution in [0.3, 0.4) is 0 Å². The van der Waals surface area contributed by atoms with Crippen LogP contribution in [0.15, 0.2) is 30.3 Å². The fourth-order valence-electron chi connectivity index (χ4n) is 5.82. The van der Waals surface area contributed by atoms with Crippen molar-refractivity contribution in [2.45, 2.75) is 93.8 Å². The number of hydrogen-bond donors (Lipinski definition) is 1. The van der Waals surface area contributed by atoms with E-state index in [-0.39, 0.29) is 12.2 Å². The average molecular weight is 416 g/mol.